The Morgan fingerprint density at radius 2 is 1.55 bits per heavy atom. The first-order chi connectivity index (χ1) is 14.2. The van der Waals surface area contributed by atoms with Gasteiger partial charge < -0.3 is 9.80 Å². The summed E-state index contributed by atoms with van der Waals surface area (Å²) in [6.07, 6.45) is 3.64. The molecule has 0 radical (unpaired) electrons. The van der Waals surface area contributed by atoms with E-state index in [1.54, 1.807) is 18.3 Å². The normalized spacial score (nSPS) is 14.6. The molecule has 1 saturated heterocycles. The first kappa shape index (κ1) is 17.7. The van der Waals surface area contributed by atoms with Crippen LogP contribution in [0.25, 0.3) is 16.8 Å². The van der Waals surface area contributed by atoms with Crippen LogP contribution in [0.4, 0.5) is 15.9 Å². The number of aromatic nitrogens is 3. The van der Waals surface area contributed by atoms with E-state index in [9.17, 15) is 4.39 Å². The maximum atomic E-state index is 13.2. The van der Waals surface area contributed by atoms with Gasteiger partial charge in [-0.1, -0.05) is 17.7 Å². The van der Waals surface area contributed by atoms with Gasteiger partial charge in [0.25, 0.3) is 0 Å². The Balaban J connectivity index is 1.39. The van der Waals surface area contributed by atoms with Crippen LogP contribution in [0, 0.1) is 12.7 Å². The highest BCUT2D eigenvalue weighted by Gasteiger charge is 2.21. The molecule has 1 aliphatic rings. The third-order valence-corrected chi connectivity index (χ3v) is 5.49. The smallest absolute Gasteiger partial charge is 0.154 e. The molecule has 0 N–H and O–H groups in total. The summed E-state index contributed by atoms with van der Waals surface area (Å²) in [5, 5.41) is 4.66. The monoisotopic (exact) mass is 387 g/mol. The summed E-state index contributed by atoms with van der Waals surface area (Å²) in [5.74, 6) is 0.697. The largest absolute Gasteiger partial charge is 0.368 e. The van der Waals surface area contributed by atoms with Gasteiger partial charge in [0.15, 0.2) is 5.82 Å². The predicted molar refractivity (Wildman–Crippen MR) is 114 cm³/mol. The minimum absolute atomic E-state index is 0.244. The Hall–Kier alpha value is -3.41. The third kappa shape index (κ3) is 3.42. The number of halogens is 1. The van der Waals surface area contributed by atoms with Gasteiger partial charge in [0.05, 0.1) is 5.69 Å². The van der Waals surface area contributed by atoms with Crippen molar-refractivity contribution in [2.45, 2.75) is 6.92 Å². The molecule has 0 amide bonds. The number of fused-ring (bicyclic) bond motifs is 1. The van der Waals surface area contributed by atoms with E-state index in [1.165, 1.54) is 23.4 Å². The van der Waals surface area contributed by atoms with Crippen LogP contribution in [0.15, 0.2) is 67.0 Å². The number of hydrogen-bond donors (Lipinski definition) is 0. The van der Waals surface area contributed by atoms with Crippen molar-refractivity contribution in [1.82, 2.24) is 14.6 Å². The van der Waals surface area contributed by atoms with Gasteiger partial charge in [0.2, 0.25) is 0 Å². The van der Waals surface area contributed by atoms with Crippen molar-refractivity contribution in [3.8, 4) is 11.3 Å². The lowest BCUT2D eigenvalue weighted by Crippen LogP contribution is -2.47. The second-order valence-electron chi connectivity index (χ2n) is 7.43. The van der Waals surface area contributed by atoms with E-state index in [4.69, 9.17) is 0 Å². The van der Waals surface area contributed by atoms with Crippen LogP contribution >= 0.6 is 0 Å². The Bertz CT molecular complexity index is 1130. The Morgan fingerprint density at radius 3 is 2.28 bits per heavy atom. The van der Waals surface area contributed by atoms with Gasteiger partial charge in [0.1, 0.15) is 11.3 Å². The summed E-state index contributed by atoms with van der Waals surface area (Å²) in [6.45, 7) is 5.81. The summed E-state index contributed by atoms with van der Waals surface area (Å²) in [7, 11) is 0. The molecular weight excluding hydrogens is 365 g/mol. The molecule has 2 aromatic heterocycles. The van der Waals surface area contributed by atoms with Crippen molar-refractivity contribution in [3.05, 3.63) is 78.4 Å². The zero-order chi connectivity index (χ0) is 19.8. The van der Waals surface area contributed by atoms with E-state index in [0.29, 0.717) is 0 Å². The quantitative estimate of drug-likeness (QED) is 0.529. The highest BCUT2D eigenvalue weighted by molar-refractivity contribution is 5.75. The summed E-state index contributed by atoms with van der Waals surface area (Å²) in [6, 6.07) is 17.2. The van der Waals surface area contributed by atoms with Crippen LogP contribution in [0.1, 0.15) is 5.56 Å². The number of benzene rings is 2. The van der Waals surface area contributed by atoms with Crippen LogP contribution in [-0.2, 0) is 0 Å². The SMILES string of the molecule is Cc1ccc(N2CCN(c3nccn4nc(-c5ccc(F)cc5)cc34)CC2)cc1. The van der Waals surface area contributed by atoms with Gasteiger partial charge in [-0.05, 0) is 49.4 Å². The highest BCUT2D eigenvalue weighted by atomic mass is 19.1. The highest BCUT2D eigenvalue weighted by Crippen LogP contribution is 2.27. The Morgan fingerprint density at radius 1 is 0.862 bits per heavy atom. The van der Waals surface area contributed by atoms with E-state index in [2.05, 4.69) is 51.1 Å². The molecule has 0 unspecified atom stereocenters. The molecule has 0 aliphatic carbocycles. The lowest BCUT2D eigenvalue weighted by molar-refractivity contribution is 0.628. The molecule has 0 atom stereocenters. The molecule has 2 aromatic carbocycles. The molecule has 0 spiro atoms. The lowest BCUT2D eigenvalue weighted by Gasteiger charge is -2.36. The topological polar surface area (TPSA) is 36.7 Å². The molecule has 4 aromatic rings. The molecule has 0 saturated carbocycles. The fraction of sp³-hybridized carbons (Fsp3) is 0.217. The number of nitrogens with zero attached hydrogens (tertiary/aromatic N) is 5. The van der Waals surface area contributed by atoms with Gasteiger partial charge >= 0.3 is 0 Å². The molecule has 1 fully saturated rings. The van der Waals surface area contributed by atoms with E-state index in [1.807, 2.05) is 16.8 Å². The van der Waals surface area contributed by atoms with Crippen LogP contribution in [0.5, 0.6) is 0 Å². The van der Waals surface area contributed by atoms with E-state index in [-0.39, 0.29) is 5.82 Å². The average molecular weight is 387 g/mol. The van der Waals surface area contributed by atoms with Crippen LogP contribution in [0.2, 0.25) is 0 Å². The fourth-order valence-corrected chi connectivity index (χ4v) is 3.85. The van der Waals surface area contributed by atoms with Gasteiger partial charge in [-0.25, -0.2) is 13.9 Å². The van der Waals surface area contributed by atoms with Crippen molar-refractivity contribution in [3.63, 3.8) is 0 Å². The van der Waals surface area contributed by atoms with E-state index in [0.717, 1.165) is 48.8 Å². The number of aryl methyl sites for hydroxylation is 1. The average Bonchev–Trinajstić information content (AvgIpc) is 3.19. The molecule has 146 valence electrons. The number of anilines is 2. The minimum atomic E-state index is -0.244. The standard InChI is InChI=1S/C23H22FN5/c1-17-2-8-20(9-3-17)27-12-14-28(15-13-27)23-22-16-21(26-29(22)11-10-25-23)18-4-6-19(24)7-5-18/h2-11,16H,12-15H2,1H3. The fourth-order valence-electron chi connectivity index (χ4n) is 3.85. The molecule has 6 heteroatoms. The first-order valence-electron chi connectivity index (χ1n) is 9.84. The maximum absolute atomic E-state index is 13.2. The van der Waals surface area contributed by atoms with Crippen LogP contribution in [0.3, 0.4) is 0 Å². The van der Waals surface area contributed by atoms with E-state index >= 15 is 0 Å². The Kier molecular flexibility index (Phi) is 4.39. The number of rotatable bonds is 3. The van der Waals surface area contributed by atoms with Crippen molar-refractivity contribution < 1.29 is 4.39 Å². The second-order valence-corrected chi connectivity index (χ2v) is 7.43. The zero-order valence-corrected chi connectivity index (χ0v) is 16.3. The van der Waals surface area contributed by atoms with Crippen molar-refractivity contribution in [2.24, 2.45) is 0 Å². The molecule has 5 nitrogen and oxygen atoms in total. The van der Waals surface area contributed by atoms with Gasteiger partial charge in [-0.2, -0.15) is 5.10 Å². The summed E-state index contributed by atoms with van der Waals surface area (Å²) in [4.78, 5) is 9.38. The van der Waals surface area contributed by atoms with Crippen LogP contribution in [-0.4, -0.2) is 40.8 Å². The van der Waals surface area contributed by atoms with Gasteiger partial charge in [0, 0.05) is 49.8 Å². The van der Waals surface area contributed by atoms with Gasteiger partial charge in [-0.3, -0.25) is 0 Å². The molecule has 1 aliphatic heterocycles. The van der Waals surface area contributed by atoms with E-state index < -0.39 is 0 Å². The predicted octanol–water partition coefficient (Wildman–Crippen LogP) is 4.17. The number of piperazine rings is 1. The molecule has 29 heavy (non-hydrogen) atoms. The molecule has 5 rings (SSSR count). The van der Waals surface area contributed by atoms with Crippen molar-refractivity contribution in [2.75, 3.05) is 36.0 Å². The summed E-state index contributed by atoms with van der Waals surface area (Å²) >= 11 is 0. The zero-order valence-electron chi connectivity index (χ0n) is 16.3. The van der Waals surface area contributed by atoms with Crippen molar-refractivity contribution >= 4 is 17.0 Å². The van der Waals surface area contributed by atoms with Gasteiger partial charge in [-0.15, -0.1) is 0 Å². The second kappa shape index (κ2) is 7.20. The van der Waals surface area contributed by atoms with Crippen LogP contribution < -0.4 is 9.80 Å². The number of hydrogen-bond acceptors (Lipinski definition) is 4. The molecular formula is C23H22FN5. The lowest BCUT2D eigenvalue weighted by atomic mass is 10.1. The maximum Gasteiger partial charge on any atom is 0.154 e. The summed E-state index contributed by atoms with van der Waals surface area (Å²) in [5.41, 5.74) is 5.23. The molecule has 0 bridgehead atoms. The van der Waals surface area contributed by atoms with Crippen molar-refractivity contribution in [1.29, 1.82) is 0 Å². The Labute approximate surface area is 169 Å². The summed E-state index contributed by atoms with van der Waals surface area (Å²) < 4.78 is 15.1. The minimum Gasteiger partial charge on any atom is -0.368 e. The third-order valence-electron chi connectivity index (χ3n) is 5.49. The first-order valence-corrected chi connectivity index (χ1v) is 9.84. The molecule has 3 heterocycles.